The minimum atomic E-state index is 0.634. The maximum absolute atomic E-state index is 3.34. The summed E-state index contributed by atoms with van der Waals surface area (Å²) in [6.45, 7) is 4.47. The highest BCUT2D eigenvalue weighted by Crippen LogP contribution is 2.07. The quantitative estimate of drug-likeness (QED) is 0.649. The summed E-state index contributed by atoms with van der Waals surface area (Å²) in [5, 5.41) is 3.34. The molecular weight excluding hydrogens is 136 g/mol. The van der Waals surface area contributed by atoms with Crippen molar-refractivity contribution >= 4 is 0 Å². The molecule has 2 atom stereocenters. The molecule has 0 bridgehead atoms. The first-order chi connectivity index (χ1) is 5.17. The molecule has 0 aliphatic rings. The number of rotatable bonds is 5. The second-order valence-corrected chi connectivity index (χ2v) is 3.24. The van der Waals surface area contributed by atoms with E-state index >= 15 is 0 Å². The lowest BCUT2D eigenvalue weighted by molar-refractivity contribution is 0.223. The van der Waals surface area contributed by atoms with E-state index < -0.39 is 0 Å². The molecule has 0 fully saturated rings. The van der Waals surface area contributed by atoms with Gasteiger partial charge in [-0.15, -0.1) is 0 Å². The molecule has 0 heterocycles. The molecule has 0 rings (SSSR count). The Balaban J connectivity index is 3.98. The lowest BCUT2D eigenvalue weighted by Gasteiger charge is -2.30. The van der Waals surface area contributed by atoms with E-state index in [9.17, 15) is 0 Å². The molecule has 11 heavy (non-hydrogen) atoms. The molecule has 2 unspecified atom stereocenters. The van der Waals surface area contributed by atoms with E-state index in [0.717, 1.165) is 0 Å². The van der Waals surface area contributed by atoms with Crippen LogP contribution < -0.4 is 5.32 Å². The van der Waals surface area contributed by atoms with E-state index in [1.165, 1.54) is 12.8 Å². The van der Waals surface area contributed by atoms with Gasteiger partial charge in [-0.2, -0.15) is 0 Å². The molecule has 0 aromatic heterocycles. The highest BCUT2D eigenvalue weighted by molar-refractivity contribution is 4.78. The van der Waals surface area contributed by atoms with Gasteiger partial charge in [-0.1, -0.05) is 13.8 Å². The lowest BCUT2D eigenvalue weighted by atomic mass is 10.0. The van der Waals surface area contributed by atoms with E-state index in [-0.39, 0.29) is 0 Å². The Morgan fingerprint density at radius 1 is 1.18 bits per heavy atom. The number of nitrogens with one attached hydrogen (secondary N) is 1. The van der Waals surface area contributed by atoms with Crippen LogP contribution in [0.1, 0.15) is 26.7 Å². The van der Waals surface area contributed by atoms with Crippen molar-refractivity contribution in [3.05, 3.63) is 0 Å². The zero-order chi connectivity index (χ0) is 8.85. The van der Waals surface area contributed by atoms with Crippen LogP contribution in [0.4, 0.5) is 0 Å². The van der Waals surface area contributed by atoms with Gasteiger partial charge in [0.25, 0.3) is 0 Å². The first-order valence-corrected chi connectivity index (χ1v) is 4.51. The SMILES string of the molecule is CCC(NC)C(CC)N(C)C. The largest absolute Gasteiger partial charge is 0.315 e. The molecule has 1 N–H and O–H groups in total. The molecule has 0 aliphatic carbocycles. The van der Waals surface area contributed by atoms with Gasteiger partial charge in [0.05, 0.1) is 0 Å². The molecule has 2 heteroatoms. The van der Waals surface area contributed by atoms with Crippen LogP contribution in [0.5, 0.6) is 0 Å². The molecule has 0 saturated heterocycles. The molecule has 68 valence electrons. The summed E-state index contributed by atoms with van der Waals surface area (Å²) in [7, 11) is 6.34. The predicted molar refractivity (Wildman–Crippen MR) is 50.9 cm³/mol. The van der Waals surface area contributed by atoms with Gasteiger partial charge in [0.15, 0.2) is 0 Å². The fourth-order valence-corrected chi connectivity index (χ4v) is 1.68. The summed E-state index contributed by atoms with van der Waals surface area (Å²) in [4.78, 5) is 2.30. The second-order valence-electron chi connectivity index (χ2n) is 3.24. The summed E-state index contributed by atoms with van der Waals surface area (Å²) >= 11 is 0. The fraction of sp³-hybridized carbons (Fsp3) is 1.00. The Morgan fingerprint density at radius 2 is 1.73 bits per heavy atom. The summed E-state index contributed by atoms with van der Waals surface area (Å²) in [6, 6.07) is 1.31. The van der Waals surface area contributed by atoms with Gasteiger partial charge in [0.1, 0.15) is 0 Å². The number of hydrogen-bond donors (Lipinski definition) is 1. The number of likely N-dealkylation sites (N-methyl/N-ethyl adjacent to an activating group) is 2. The Kier molecular flexibility index (Phi) is 5.51. The van der Waals surface area contributed by atoms with Gasteiger partial charge < -0.3 is 10.2 Å². The van der Waals surface area contributed by atoms with Gasteiger partial charge in [-0.25, -0.2) is 0 Å². The van der Waals surface area contributed by atoms with Crippen LogP contribution in [0.15, 0.2) is 0 Å². The Hall–Kier alpha value is -0.0800. The summed E-state index contributed by atoms with van der Waals surface area (Å²) in [5.74, 6) is 0. The molecule has 0 radical (unpaired) electrons. The topological polar surface area (TPSA) is 15.3 Å². The van der Waals surface area contributed by atoms with Gasteiger partial charge in [0, 0.05) is 12.1 Å². The first kappa shape index (κ1) is 10.9. The van der Waals surface area contributed by atoms with Crippen molar-refractivity contribution in [1.82, 2.24) is 10.2 Å². The van der Waals surface area contributed by atoms with E-state index in [1.807, 2.05) is 7.05 Å². The Morgan fingerprint density at radius 3 is 1.82 bits per heavy atom. The molecule has 2 nitrogen and oxygen atoms in total. The van der Waals surface area contributed by atoms with Crippen LogP contribution in [0.3, 0.4) is 0 Å². The van der Waals surface area contributed by atoms with E-state index in [2.05, 4.69) is 38.2 Å². The van der Waals surface area contributed by atoms with Crippen molar-refractivity contribution < 1.29 is 0 Å². The predicted octanol–water partition coefficient (Wildman–Crippen LogP) is 1.32. The van der Waals surface area contributed by atoms with E-state index in [1.54, 1.807) is 0 Å². The van der Waals surface area contributed by atoms with Crippen molar-refractivity contribution in [2.45, 2.75) is 38.8 Å². The third-order valence-electron chi connectivity index (χ3n) is 2.36. The van der Waals surface area contributed by atoms with Gasteiger partial charge in [-0.05, 0) is 34.0 Å². The van der Waals surface area contributed by atoms with Crippen LogP contribution in [0, 0.1) is 0 Å². The Bertz CT molecular complexity index is 87.6. The second kappa shape index (κ2) is 5.56. The van der Waals surface area contributed by atoms with Crippen LogP contribution >= 0.6 is 0 Å². The maximum Gasteiger partial charge on any atom is 0.0240 e. The van der Waals surface area contributed by atoms with Crippen molar-refractivity contribution in [1.29, 1.82) is 0 Å². The van der Waals surface area contributed by atoms with Gasteiger partial charge in [0.2, 0.25) is 0 Å². The van der Waals surface area contributed by atoms with Crippen LogP contribution in [0.25, 0.3) is 0 Å². The van der Waals surface area contributed by atoms with Crippen molar-refractivity contribution in [3.63, 3.8) is 0 Å². The van der Waals surface area contributed by atoms with Crippen molar-refractivity contribution in [3.8, 4) is 0 Å². The molecule has 0 amide bonds. The minimum absolute atomic E-state index is 0.634. The molecule has 0 aliphatic heterocycles. The zero-order valence-electron chi connectivity index (χ0n) is 8.52. The fourth-order valence-electron chi connectivity index (χ4n) is 1.68. The lowest BCUT2D eigenvalue weighted by Crippen LogP contribution is -2.45. The summed E-state index contributed by atoms with van der Waals surface area (Å²) in [6.07, 6.45) is 2.42. The number of hydrogen-bond acceptors (Lipinski definition) is 2. The standard InChI is InChI=1S/C9H22N2/c1-6-8(10-3)9(7-2)11(4)5/h8-10H,6-7H2,1-5H3. The monoisotopic (exact) mass is 158 g/mol. The number of nitrogens with zero attached hydrogens (tertiary/aromatic N) is 1. The molecule has 0 saturated carbocycles. The third-order valence-corrected chi connectivity index (χ3v) is 2.36. The summed E-state index contributed by atoms with van der Waals surface area (Å²) in [5.41, 5.74) is 0. The highest BCUT2D eigenvalue weighted by atomic mass is 15.1. The smallest absolute Gasteiger partial charge is 0.0240 e. The van der Waals surface area contributed by atoms with E-state index in [0.29, 0.717) is 12.1 Å². The average molecular weight is 158 g/mol. The van der Waals surface area contributed by atoms with E-state index in [4.69, 9.17) is 0 Å². The summed E-state index contributed by atoms with van der Waals surface area (Å²) < 4.78 is 0. The van der Waals surface area contributed by atoms with Crippen LogP contribution in [-0.2, 0) is 0 Å². The average Bonchev–Trinajstić information content (AvgIpc) is 1.99. The van der Waals surface area contributed by atoms with Crippen molar-refractivity contribution in [2.75, 3.05) is 21.1 Å². The zero-order valence-corrected chi connectivity index (χ0v) is 8.52. The Labute approximate surface area is 71.0 Å². The van der Waals surface area contributed by atoms with Gasteiger partial charge in [-0.3, -0.25) is 0 Å². The molecule has 0 aromatic rings. The van der Waals surface area contributed by atoms with Crippen LogP contribution in [0.2, 0.25) is 0 Å². The third kappa shape index (κ3) is 3.21. The van der Waals surface area contributed by atoms with Crippen LogP contribution in [-0.4, -0.2) is 38.1 Å². The molecular formula is C9H22N2. The van der Waals surface area contributed by atoms with Gasteiger partial charge >= 0.3 is 0 Å². The highest BCUT2D eigenvalue weighted by Gasteiger charge is 2.17. The van der Waals surface area contributed by atoms with Crippen molar-refractivity contribution in [2.24, 2.45) is 0 Å². The molecule has 0 spiro atoms. The molecule has 0 aromatic carbocycles. The minimum Gasteiger partial charge on any atom is -0.315 e. The maximum atomic E-state index is 3.34. The normalized spacial score (nSPS) is 16.9. The first-order valence-electron chi connectivity index (χ1n) is 4.51.